The van der Waals surface area contributed by atoms with E-state index in [1.54, 1.807) is 34.6 Å². The second-order valence-corrected chi connectivity index (χ2v) is 15.5. The smallest absolute Gasteiger partial charge is 0.329 e. The lowest BCUT2D eigenvalue weighted by atomic mass is 9.85. The van der Waals surface area contributed by atoms with Gasteiger partial charge in [-0.1, -0.05) is 17.7 Å². The van der Waals surface area contributed by atoms with Gasteiger partial charge in [-0.3, -0.25) is 37.9 Å². The monoisotopic (exact) mass is 776 g/mol. The molecule has 17 heteroatoms. The summed E-state index contributed by atoms with van der Waals surface area (Å²) in [5.41, 5.74) is 2.35. The number of anilines is 2. The number of alkyl halides is 2. The lowest BCUT2D eigenvalue weighted by Gasteiger charge is -2.40. The number of nitrogens with one attached hydrogen (secondary N) is 2. The zero-order valence-corrected chi connectivity index (χ0v) is 31.4. The number of amides is 3. The summed E-state index contributed by atoms with van der Waals surface area (Å²) in [6.45, 7) is 2.56. The molecule has 1 aromatic carbocycles. The number of carbonyl (C=O) groups excluding carboxylic acids is 3. The third kappa shape index (κ3) is 7.01. The van der Waals surface area contributed by atoms with E-state index >= 15 is 0 Å². The maximum atomic E-state index is 14.1. The fraction of sp³-hybridized carbons (Fsp3) is 0.474. The summed E-state index contributed by atoms with van der Waals surface area (Å²) in [4.78, 5) is 60.0. The first-order valence-electron chi connectivity index (χ1n) is 18.8. The van der Waals surface area contributed by atoms with Crippen molar-refractivity contribution in [2.24, 2.45) is 13.0 Å². The molecule has 290 valence electrons. The number of pyridine rings is 1. The standard InChI is InChI=1S/C38H43ClF2N10O4/c1-46(24-14-16-48(17-15-24)27-4-3-5-28-34(27)47(2)38(55)51(28)29-11-13-32(52)44-36(29)53)19-22-6-9-25(10-7-22)50-21-26(33(45-50)35(40)41)43-37(54)30-18-42-31-12-8-23(39)20-49(30)31/h3-5,8,12,18,20-22,24-25,29,35H,6-7,9-11,13-17,19H2,1-2H3,(H,43,54)(H,44,52,53)/t22-,25-,29?. The van der Waals surface area contributed by atoms with Gasteiger partial charge in [-0.2, -0.15) is 5.10 Å². The zero-order chi connectivity index (χ0) is 38.5. The van der Waals surface area contributed by atoms with Crippen molar-refractivity contribution in [3.63, 3.8) is 0 Å². The first kappa shape index (κ1) is 36.9. The van der Waals surface area contributed by atoms with Gasteiger partial charge in [0.25, 0.3) is 12.3 Å². The van der Waals surface area contributed by atoms with Crippen LogP contribution < -0.4 is 21.2 Å². The Labute approximate surface area is 320 Å². The van der Waals surface area contributed by atoms with Gasteiger partial charge in [0.1, 0.15) is 17.4 Å². The Morgan fingerprint density at radius 1 is 1.04 bits per heavy atom. The number of aryl methyl sites for hydroxylation is 1. The number of aromatic nitrogens is 6. The summed E-state index contributed by atoms with van der Waals surface area (Å²) in [6, 6.07) is 8.74. The number of hydrogen-bond acceptors (Lipinski definition) is 8. The molecular formula is C38H43ClF2N10O4. The van der Waals surface area contributed by atoms with E-state index in [1.165, 1.54) is 21.4 Å². The van der Waals surface area contributed by atoms with Crippen molar-refractivity contribution in [2.45, 2.75) is 75.9 Å². The second kappa shape index (κ2) is 14.9. The highest BCUT2D eigenvalue weighted by atomic mass is 35.5. The quantitative estimate of drug-likeness (QED) is 0.191. The molecule has 14 nitrogen and oxygen atoms in total. The highest BCUT2D eigenvalue weighted by Gasteiger charge is 2.34. The maximum Gasteiger partial charge on any atom is 0.329 e. The van der Waals surface area contributed by atoms with E-state index in [-0.39, 0.29) is 35.4 Å². The zero-order valence-electron chi connectivity index (χ0n) is 30.6. The number of halogens is 3. The fourth-order valence-electron chi connectivity index (χ4n) is 8.76. The van der Waals surface area contributed by atoms with E-state index in [9.17, 15) is 28.0 Å². The van der Waals surface area contributed by atoms with Crippen molar-refractivity contribution in [1.82, 2.24) is 38.5 Å². The Balaban J connectivity index is 0.869. The average Bonchev–Trinajstić information content (AvgIpc) is 3.86. The first-order valence-corrected chi connectivity index (χ1v) is 19.1. The van der Waals surface area contributed by atoms with Crippen molar-refractivity contribution in [3.8, 4) is 0 Å². The van der Waals surface area contributed by atoms with Gasteiger partial charge in [0.2, 0.25) is 11.8 Å². The van der Waals surface area contributed by atoms with Crippen LogP contribution in [0, 0.1) is 5.92 Å². The number of nitrogens with zero attached hydrogens (tertiary/aromatic N) is 8. The Hall–Kier alpha value is -5.09. The van der Waals surface area contributed by atoms with E-state index in [4.69, 9.17) is 11.6 Å². The minimum absolute atomic E-state index is 0.0180. The number of benzene rings is 1. The lowest BCUT2D eigenvalue weighted by molar-refractivity contribution is -0.135. The van der Waals surface area contributed by atoms with Crippen LogP contribution in [-0.4, -0.2) is 83.6 Å². The van der Waals surface area contributed by atoms with Crippen molar-refractivity contribution < 1.29 is 23.2 Å². The molecule has 1 atom stereocenters. The van der Waals surface area contributed by atoms with Crippen LogP contribution in [0.3, 0.4) is 0 Å². The van der Waals surface area contributed by atoms with Crippen LogP contribution in [0.2, 0.25) is 5.02 Å². The normalized spacial score (nSPS) is 21.3. The van der Waals surface area contributed by atoms with Gasteiger partial charge in [0.15, 0.2) is 5.69 Å². The minimum Gasteiger partial charge on any atom is -0.370 e. The molecule has 8 rings (SSSR count). The fourth-order valence-corrected chi connectivity index (χ4v) is 8.92. The molecule has 3 amide bonds. The third-order valence-electron chi connectivity index (χ3n) is 11.7. The third-order valence-corrected chi connectivity index (χ3v) is 11.9. The van der Waals surface area contributed by atoms with Crippen LogP contribution in [0.4, 0.5) is 20.2 Å². The van der Waals surface area contributed by atoms with E-state index in [2.05, 4.69) is 37.6 Å². The lowest BCUT2D eigenvalue weighted by Crippen LogP contribution is -2.45. The van der Waals surface area contributed by atoms with Crippen molar-refractivity contribution in [2.75, 3.05) is 36.9 Å². The van der Waals surface area contributed by atoms with E-state index in [0.717, 1.165) is 69.4 Å². The summed E-state index contributed by atoms with van der Waals surface area (Å²) < 4.78 is 34.4. The van der Waals surface area contributed by atoms with Crippen molar-refractivity contribution in [1.29, 1.82) is 0 Å². The van der Waals surface area contributed by atoms with Gasteiger partial charge in [-0.05, 0) is 82.2 Å². The number of hydrogen-bond donors (Lipinski definition) is 2. The topological polar surface area (TPSA) is 144 Å². The van der Waals surface area contributed by atoms with Gasteiger partial charge in [0, 0.05) is 51.5 Å². The molecule has 6 heterocycles. The molecule has 5 aromatic rings. The molecule has 1 saturated carbocycles. The molecule has 3 fully saturated rings. The molecule has 2 N–H and O–H groups in total. The summed E-state index contributed by atoms with van der Waals surface area (Å²) in [5, 5.41) is 9.65. The second-order valence-electron chi connectivity index (χ2n) is 15.0. The summed E-state index contributed by atoms with van der Waals surface area (Å²) in [5.74, 6) is -0.888. The van der Waals surface area contributed by atoms with Gasteiger partial charge in [-0.25, -0.2) is 18.6 Å². The molecule has 2 aliphatic heterocycles. The van der Waals surface area contributed by atoms with Crippen LogP contribution in [0.1, 0.15) is 86.1 Å². The highest BCUT2D eigenvalue weighted by molar-refractivity contribution is 6.30. The van der Waals surface area contributed by atoms with E-state index in [1.807, 2.05) is 18.2 Å². The molecule has 1 unspecified atom stereocenters. The summed E-state index contributed by atoms with van der Waals surface area (Å²) >= 11 is 6.10. The molecule has 0 bridgehead atoms. The summed E-state index contributed by atoms with van der Waals surface area (Å²) in [7, 11) is 3.90. The average molecular weight is 777 g/mol. The molecule has 1 aliphatic carbocycles. The Bertz CT molecular complexity index is 2330. The largest absolute Gasteiger partial charge is 0.370 e. The van der Waals surface area contributed by atoms with Crippen molar-refractivity contribution >= 4 is 57.4 Å². The number of carbonyl (C=O) groups is 3. The number of para-hydroxylation sites is 1. The number of piperidine rings is 2. The Morgan fingerprint density at radius 3 is 2.53 bits per heavy atom. The highest BCUT2D eigenvalue weighted by Crippen LogP contribution is 2.37. The van der Waals surface area contributed by atoms with Gasteiger partial charge >= 0.3 is 5.69 Å². The van der Waals surface area contributed by atoms with E-state index in [0.29, 0.717) is 34.6 Å². The van der Waals surface area contributed by atoms with E-state index < -0.39 is 30.0 Å². The maximum absolute atomic E-state index is 14.1. The van der Waals surface area contributed by atoms with Crippen LogP contribution in [-0.2, 0) is 16.6 Å². The molecule has 4 aromatic heterocycles. The first-order chi connectivity index (χ1) is 26.5. The molecular weight excluding hydrogens is 734 g/mol. The van der Waals surface area contributed by atoms with Gasteiger partial charge < -0.3 is 15.1 Å². The predicted molar refractivity (Wildman–Crippen MR) is 203 cm³/mol. The van der Waals surface area contributed by atoms with Gasteiger partial charge in [0.05, 0.1) is 39.7 Å². The predicted octanol–water partition coefficient (Wildman–Crippen LogP) is 5.34. The van der Waals surface area contributed by atoms with Crippen LogP contribution >= 0.6 is 11.6 Å². The molecule has 3 aliphatic rings. The SMILES string of the molecule is CN(C[C@H]1CC[C@H](n2cc(NC(=O)c3cnc4ccc(Cl)cn34)c(C(F)F)n2)CC1)C1CCN(c2cccc3c2n(C)c(=O)n3C2CCC(=O)NC2=O)CC1. The van der Waals surface area contributed by atoms with Crippen molar-refractivity contribution in [3.05, 3.63) is 75.8 Å². The van der Waals surface area contributed by atoms with Crippen LogP contribution in [0.5, 0.6) is 0 Å². The molecule has 0 radical (unpaired) electrons. The number of rotatable bonds is 9. The number of fused-ring (bicyclic) bond motifs is 2. The summed E-state index contributed by atoms with van der Waals surface area (Å²) in [6.07, 6.45) is 7.42. The molecule has 0 spiro atoms. The van der Waals surface area contributed by atoms with Gasteiger partial charge in [-0.15, -0.1) is 0 Å². The Morgan fingerprint density at radius 2 is 1.80 bits per heavy atom. The van der Waals surface area contributed by atoms with Crippen LogP contribution in [0.25, 0.3) is 16.7 Å². The minimum atomic E-state index is -2.86. The Kier molecular flexibility index (Phi) is 9.96. The molecule has 2 saturated heterocycles. The number of imide groups is 1. The number of imidazole rings is 2. The van der Waals surface area contributed by atoms with Crippen LogP contribution in [0.15, 0.2) is 53.7 Å². The molecule has 55 heavy (non-hydrogen) atoms.